The molecule has 0 radical (unpaired) electrons. The molecule has 2 aromatic carbocycles. The summed E-state index contributed by atoms with van der Waals surface area (Å²) in [5.74, 6) is -0.375. The molecule has 0 aromatic heterocycles. The molecule has 0 fully saturated rings. The highest BCUT2D eigenvalue weighted by atomic mass is 32.2. The van der Waals surface area contributed by atoms with Gasteiger partial charge in [-0.3, -0.25) is 0 Å². The molecule has 0 saturated carbocycles. The average molecular weight is 500 g/mol. The smallest absolute Gasteiger partial charge is 0.365 e. The first-order valence-corrected chi connectivity index (χ1v) is 12.4. The fourth-order valence-corrected chi connectivity index (χ4v) is 6.66. The second-order valence-corrected chi connectivity index (χ2v) is 9.77. The van der Waals surface area contributed by atoms with Crippen LogP contribution in [0, 0.1) is 0 Å². The van der Waals surface area contributed by atoms with Gasteiger partial charge in [0.15, 0.2) is 0 Å². The number of methoxy groups -OCH3 is 1. The molecule has 1 unspecified atom stereocenters. The maximum atomic E-state index is 12.9. The second kappa shape index (κ2) is 10.0. The Labute approximate surface area is 206 Å². The molecule has 10 heteroatoms. The van der Waals surface area contributed by atoms with E-state index in [-0.39, 0.29) is 18.3 Å². The Morgan fingerprint density at radius 2 is 1.59 bits per heavy atom. The van der Waals surface area contributed by atoms with Crippen LogP contribution in [0.5, 0.6) is 5.75 Å². The number of rotatable bonds is 7. The highest BCUT2D eigenvalue weighted by Crippen LogP contribution is 2.61. The van der Waals surface area contributed by atoms with Crippen molar-refractivity contribution in [1.29, 1.82) is 0 Å². The molecule has 2 aromatic rings. The number of carbonyl (C=O) groups is 2. The number of para-hydroxylation sites is 3. The van der Waals surface area contributed by atoms with Crippen LogP contribution in [0.3, 0.4) is 0 Å². The number of hydrazone groups is 1. The molecule has 34 heavy (non-hydrogen) atoms. The Bertz CT molecular complexity index is 1150. The van der Waals surface area contributed by atoms with Gasteiger partial charge in [0.1, 0.15) is 16.3 Å². The maximum absolute atomic E-state index is 12.9. The van der Waals surface area contributed by atoms with Crippen molar-refractivity contribution < 1.29 is 23.8 Å². The summed E-state index contributed by atoms with van der Waals surface area (Å²) in [5.41, 5.74) is 2.17. The van der Waals surface area contributed by atoms with Crippen molar-refractivity contribution in [3.8, 4) is 5.75 Å². The first-order chi connectivity index (χ1) is 16.5. The van der Waals surface area contributed by atoms with E-state index in [0.29, 0.717) is 22.0 Å². The van der Waals surface area contributed by atoms with Gasteiger partial charge in [-0.15, -0.1) is 0 Å². The van der Waals surface area contributed by atoms with Crippen LogP contribution in [0.25, 0.3) is 0 Å². The highest BCUT2D eigenvalue weighted by molar-refractivity contribution is 8.29. The van der Waals surface area contributed by atoms with Crippen LogP contribution in [-0.4, -0.2) is 41.6 Å². The zero-order valence-corrected chi connectivity index (χ0v) is 20.9. The summed E-state index contributed by atoms with van der Waals surface area (Å²) in [6, 6.07) is 17.1. The van der Waals surface area contributed by atoms with Gasteiger partial charge in [-0.1, -0.05) is 42.1 Å². The van der Waals surface area contributed by atoms with E-state index in [9.17, 15) is 9.59 Å². The number of esters is 2. The number of ether oxygens (including phenoxy) is 3. The largest absolute Gasteiger partial charge is 0.495 e. The van der Waals surface area contributed by atoms with E-state index in [0.717, 1.165) is 5.69 Å². The Morgan fingerprint density at radius 3 is 2.26 bits per heavy atom. The summed E-state index contributed by atoms with van der Waals surface area (Å²) in [6.07, 6.45) is 0. The lowest BCUT2D eigenvalue weighted by Gasteiger charge is -2.41. The quantitative estimate of drug-likeness (QED) is 0.500. The van der Waals surface area contributed by atoms with Crippen molar-refractivity contribution in [3.05, 3.63) is 65.2 Å². The van der Waals surface area contributed by atoms with Gasteiger partial charge in [0.2, 0.25) is 9.37 Å². The Kier molecular flexibility index (Phi) is 7.08. The molecule has 0 aliphatic carbocycles. The molecular weight excluding hydrogens is 474 g/mol. The van der Waals surface area contributed by atoms with Gasteiger partial charge in [0.25, 0.3) is 0 Å². The zero-order chi connectivity index (χ0) is 24.3. The van der Waals surface area contributed by atoms with Crippen LogP contribution in [0.15, 0.2) is 70.3 Å². The molecule has 2 aliphatic heterocycles. The van der Waals surface area contributed by atoms with Crippen molar-refractivity contribution in [2.24, 2.45) is 5.10 Å². The van der Waals surface area contributed by atoms with Crippen LogP contribution in [-0.2, 0) is 19.1 Å². The number of carbonyl (C=O) groups excluding carboxylic acids is 2. The number of anilines is 2. The molecule has 2 aliphatic rings. The molecular formula is C24H25N3O5S2. The van der Waals surface area contributed by atoms with Gasteiger partial charge in [-0.25, -0.2) is 14.6 Å². The van der Waals surface area contributed by atoms with E-state index in [1.165, 1.54) is 23.5 Å². The van der Waals surface area contributed by atoms with E-state index >= 15 is 0 Å². The number of hydrogen-bond donors (Lipinski definition) is 0. The lowest BCUT2D eigenvalue weighted by atomic mass is 10.2. The van der Waals surface area contributed by atoms with Gasteiger partial charge >= 0.3 is 11.9 Å². The van der Waals surface area contributed by atoms with Gasteiger partial charge in [-0.2, -0.15) is 5.10 Å². The molecule has 2 heterocycles. The fourth-order valence-electron chi connectivity index (χ4n) is 3.72. The summed E-state index contributed by atoms with van der Waals surface area (Å²) < 4.78 is 15.2. The molecule has 0 bridgehead atoms. The van der Waals surface area contributed by atoms with Crippen molar-refractivity contribution in [3.63, 3.8) is 0 Å². The average Bonchev–Trinajstić information content (AvgIpc) is 3.37. The minimum Gasteiger partial charge on any atom is -0.495 e. The number of hydrogen-bond acceptors (Lipinski definition) is 10. The van der Waals surface area contributed by atoms with Crippen LogP contribution in [0.4, 0.5) is 11.4 Å². The standard InChI is InChI=1S/C24H25N3O5S2/c1-5-31-22(28)20-16(3)26(17-12-8-7-9-13-17)24(33-20)27(18-14-10-11-15-19(18)30-4)25-21(34-24)23(29)32-6-2/h7-15H,5-6H2,1-4H3. The number of allylic oxidation sites excluding steroid dienone is 1. The summed E-state index contributed by atoms with van der Waals surface area (Å²) >= 11 is 2.51. The zero-order valence-electron chi connectivity index (χ0n) is 19.3. The second-order valence-electron chi connectivity index (χ2n) is 7.17. The lowest BCUT2D eigenvalue weighted by molar-refractivity contribution is -0.137. The molecule has 1 atom stereocenters. The Hall–Kier alpha value is -3.11. The van der Waals surface area contributed by atoms with Crippen molar-refractivity contribution in [2.45, 2.75) is 25.1 Å². The van der Waals surface area contributed by atoms with E-state index < -0.39 is 16.3 Å². The summed E-state index contributed by atoms with van der Waals surface area (Å²) in [7, 11) is 1.58. The summed E-state index contributed by atoms with van der Waals surface area (Å²) in [5, 5.41) is 6.59. The Morgan fingerprint density at radius 1 is 0.941 bits per heavy atom. The molecule has 0 saturated heterocycles. The SMILES string of the molecule is CCOC(=O)C1=NN(c2ccccc2OC)C2(S1)SC(C(=O)OCC)=C(C)N2c1ccccc1. The van der Waals surface area contributed by atoms with Crippen molar-refractivity contribution in [1.82, 2.24) is 0 Å². The molecule has 0 N–H and O–H groups in total. The predicted octanol–water partition coefficient (Wildman–Crippen LogP) is 4.78. The van der Waals surface area contributed by atoms with Crippen LogP contribution in [0.2, 0.25) is 0 Å². The van der Waals surface area contributed by atoms with Gasteiger partial charge in [-0.05, 0) is 56.8 Å². The monoisotopic (exact) mass is 499 g/mol. The predicted molar refractivity (Wildman–Crippen MR) is 136 cm³/mol. The minimum absolute atomic E-state index is 0.180. The first kappa shape index (κ1) is 24.0. The molecule has 0 amide bonds. The van der Waals surface area contributed by atoms with E-state index in [4.69, 9.17) is 14.2 Å². The van der Waals surface area contributed by atoms with Crippen molar-refractivity contribution in [2.75, 3.05) is 30.2 Å². The first-order valence-electron chi connectivity index (χ1n) is 10.8. The van der Waals surface area contributed by atoms with E-state index in [2.05, 4.69) is 5.10 Å². The fraction of sp³-hybridized carbons (Fsp3) is 0.292. The molecule has 4 rings (SSSR count). The van der Waals surface area contributed by atoms with Crippen LogP contribution in [0.1, 0.15) is 20.8 Å². The van der Waals surface area contributed by atoms with Gasteiger partial charge in [0, 0.05) is 11.4 Å². The summed E-state index contributed by atoms with van der Waals surface area (Å²) in [6.45, 7) is 5.86. The number of benzene rings is 2. The van der Waals surface area contributed by atoms with Crippen molar-refractivity contribution >= 4 is 51.9 Å². The third kappa shape index (κ3) is 4.12. The third-order valence-corrected chi connectivity index (χ3v) is 7.96. The Balaban J connectivity index is 1.91. The number of thioether (sulfide) groups is 2. The topological polar surface area (TPSA) is 80.7 Å². The minimum atomic E-state index is -1.07. The molecule has 8 nitrogen and oxygen atoms in total. The third-order valence-electron chi connectivity index (χ3n) is 5.11. The summed E-state index contributed by atoms with van der Waals surface area (Å²) in [4.78, 5) is 28.2. The highest BCUT2D eigenvalue weighted by Gasteiger charge is 2.59. The normalized spacial score (nSPS) is 19.5. The van der Waals surface area contributed by atoms with E-state index in [1.807, 2.05) is 66.4 Å². The maximum Gasteiger partial charge on any atom is 0.365 e. The van der Waals surface area contributed by atoms with Crippen LogP contribution < -0.4 is 14.6 Å². The lowest BCUT2D eigenvalue weighted by Crippen LogP contribution is -2.49. The van der Waals surface area contributed by atoms with Crippen LogP contribution >= 0.6 is 23.5 Å². The van der Waals surface area contributed by atoms with Gasteiger partial charge < -0.3 is 19.1 Å². The molecule has 178 valence electrons. The molecule has 1 spiro atoms. The number of nitrogens with zero attached hydrogens (tertiary/aromatic N) is 3. The van der Waals surface area contributed by atoms with Gasteiger partial charge in [0.05, 0.1) is 20.3 Å². The van der Waals surface area contributed by atoms with E-state index in [1.54, 1.807) is 26.0 Å².